The molecule has 3 rings (SSSR count). The number of nitrogens with zero attached hydrogens (tertiary/aromatic N) is 1. The Bertz CT molecular complexity index is 995. The fourth-order valence-electron chi connectivity index (χ4n) is 2.87. The smallest absolute Gasteiger partial charge is 0.155 e. The summed E-state index contributed by atoms with van der Waals surface area (Å²) in [6, 6.07) is 16.1. The number of aryl methyl sites for hydroxylation is 3. The van der Waals surface area contributed by atoms with Gasteiger partial charge in [0.05, 0.1) is 11.3 Å². The number of aliphatic hydroxyl groups is 1. The number of allylic oxidation sites excluding steroid dienone is 2. The molecule has 3 nitrogen and oxygen atoms in total. The maximum absolute atomic E-state index is 10.0. The zero-order chi connectivity index (χ0) is 20.1. The Morgan fingerprint density at radius 1 is 1.04 bits per heavy atom. The molecule has 4 heteroatoms. The van der Waals surface area contributed by atoms with Crippen LogP contribution in [0.4, 0.5) is 0 Å². The molecule has 0 aliphatic heterocycles. The van der Waals surface area contributed by atoms with Gasteiger partial charge in [-0.2, -0.15) is 0 Å². The number of carbonyl (C=O) groups excluding carboxylic acids is 1. The van der Waals surface area contributed by atoms with Crippen molar-refractivity contribution in [3.63, 3.8) is 0 Å². The number of hydrogen-bond donors (Lipinski definition) is 1. The monoisotopic (exact) mass is 553 g/mol. The van der Waals surface area contributed by atoms with Crippen LogP contribution >= 0.6 is 0 Å². The van der Waals surface area contributed by atoms with Crippen LogP contribution < -0.4 is 0 Å². The van der Waals surface area contributed by atoms with Crippen LogP contribution in [0.15, 0.2) is 48.2 Å². The Morgan fingerprint density at radius 2 is 1.68 bits per heavy atom. The fourth-order valence-corrected chi connectivity index (χ4v) is 2.87. The van der Waals surface area contributed by atoms with Gasteiger partial charge in [-0.05, 0) is 38.1 Å². The Labute approximate surface area is 180 Å². The van der Waals surface area contributed by atoms with E-state index < -0.39 is 0 Å². The predicted octanol–water partition coefficient (Wildman–Crippen LogP) is 5.97. The van der Waals surface area contributed by atoms with Crippen molar-refractivity contribution in [2.75, 3.05) is 0 Å². The summed E-state index contributed by atoms with van der Waals surface area (Å²) in [6.07, 6.45) is 1.17. The van der Waals surface area contributed by atoms with E-state index in [1.807, 2.05) is 6.07 Å². The molecule has 0 saturated carbocycles. The topological polar surface area (TPSA) is 50.2 Å². The molecule has 1 radical (unpaired) electrons. The number of ketones is 1. The molecule has 1 aromatic heterocycles. The summed E-state index contributed by atoms with van der Waals surface area (Å²) in [4.78, 5) is 14.8. The summed E-state index contributed by atoms with van der Waals surface area (Å²) >= 11 is 0. The average molecular weight is 553 g/mol. The van der Waals surface area contributed by atoms with Crippen LogP contribution in [0.2, 0.25) is 0 Å². The zero-order valence-electron chi connectivity index (χ0n) is 17.2. The van der Waals surface area contributed by atoms with E-state index >= 15 is 0 Å². The van der Waals surface area contributed by atoms with Gasteiger partial charge in [-0.3, -0.25) is 9.78 Å². The average Bonchev–Trinajstić information content (AvgIpc) is 2.58. The largest absolute Gasteiger partial charge is 0.512 e. The molecule has 0 fully saturated rings. The number of pyridine rings is 1. The minimum atomic E-state index is -0.125. The second-order valence-corrected chi connectivity index (χ2v) is 6.85. The summed E-state index contributed by atoms with van der Waals surface area (Å²) in [5.74, 6) is -0.0625. The first-order chi connectivity index (χ1) is 12.7. The Kier molecular flexibility index (Phi) is 8.74. The minimum Gasteiger partial charge on any atom is -0.512 e. The molecule has 149 valence electrons. The first kappa shape index (κ1) is 23.7. The molecule has 0 unspecified atom stereocenters. The van der Waals surface area contributed by atoms with Gasteiger partial charge in [0.15, 0.2) is 5.78 Å². The molecular weight excluding hydrogens is 526 g/mol. The number of carbonyl (C=O) groups is 1. The van der Waals surface area contributed by atoms with E-state index in [0.29, 0.717) is 0 Å². The van der Waals surface area contributed by atoms with Crippen LogP contribution in [0.1, 0.15) is 36.1 Å². The van der Waals surface area contributed by atoms with E-state index in [9.17, 15) is 4.79 Å². The van der Waals surface area contributed by atoms with Crippen molar-refractivity contribution in [3.8, 4) is 11.3 Å². The fraction of sp³-hybridized carbons (Fsp3) is 0.250. The van der Waals surface area contributed by atoms with Gasteiger partial charge in [0, 0.05) is 31.6 Å². The molecular formula is C24H26IrNO2-. The van der Waals surface area contributed by atoms with Crippen molar-refractivity contribution in [1.29, 1.82) is 0 Å². The van der Waals surface area contributed by atoms with E-state index in [4.69, 9.17) is 10.1 Å². The van der Waals surface area contributed by atoms with Crippen LogP contribution in [-0.2, 0) is 24.9 Å². The van der Waals surface area contributed by atoms with Crippen LogP contribution in [-0.4, -0.2) is 15.9 Å². The van der Waals surface area contributed by atoms with Crippen molar-refractivity contribution < 1.29 is 30.0 Å². The summed E-state index contributed by atoms with van der Waals surface area (Å²) in [5.41, 5.74) is 8.20. The van der Waals surface area contributed by atoms with Crippen molar-refractivity contribution >= 4 is 16.7 Å². The molecule has 0 aliphatic rings. The van der Waals surface area contributed by atoms with E-state index in [2.05, 4.69) is 64.1 Å². The van der Waals surface area contributed by atoms with Crippen molar-refractivity contribution in [2.45, 2.75) is 41.5 Å². The maximum Gasteiger partial charge on any atom is 0.155 e. The summed E-state index contributed by atoms with van der Waals surface area (Å²) < 4.78 is 0. The molecule has 0 aliphatic carbocycles. The standard InChI is InChI=1S/C19H18N.C5H8O2.Ir/c1-12-9-16(10-13(2)15(12)4)19-11-14(3)17-7-5-6-8-18(17)20-19;1-4(6)3-5(2)7;/h5-9,11H,1-4H3;3,6H,1-2H3;/q-1;;/b;4-3-;. The minimum absolute atomic E-state index is 0. The quantitative estimate of drug-likeness (QED) is 0.242. The number of aromatic nitrogens is 1. The molecule has 0 saturated heterocycles. The number of aliphatic hydroxyl groups excluding tert-OH is 1. The summed E-state index contributed by atoms with van der Waals surface area (Å²) in [6.45, 7) is 11.4. The predicted molar refractivity (Wildman–Crippen MR) is 112 cm³/mol. The molecule has 3 aromatic rings. The van der Waals surface area contributed by atoms with Gasteiger partial charge in [0.2, 0.25) is 0 Å². The van der Waals surface area contributed by atoms with Gasteiger partial charge in [-0.25, -0.2) is 0 Å². The van der Waals surface area contributed by atoms with Gasteiger partial charge in [0.1, 0.15) is 0 Å². The van der Waals surface area contributed by atoms with Gasteiger partial charge < -0.3 is 5.11 Å². The summed E-state index contributed by atoms with van der Waals surface area (Å²) in [7, 11) is 0. The number of rotatable bonds is 2. The Morgan fingerprint density at radius 3 is 2.21 bits per heavy atom. The number of benzene rings is 2. The molecule has 0 atom stereocenters. The SMILES string of the molecule is CC(=O)/C=C(/C)O.Cc1[c-]c(-c2cc(C)c3ccccc3n2)cc(C)c1C.[Ir]. The molecule has 2 aromatic carbocycles. The number of para-hydroxylation sites is 1. The second kappa shape index (κ2) is 10.3. The van der Waals surface area contributed by atoms with E-state index in [-0.39, 0.29) is 31.6 Å². The Balaban J connectivity index is 0.000000425. The van der Waals surface area contributed by atoms with Crippen LogP contribution in [0.5, 0.6) is 0 Å². The van der Waals surface area contributed by atoms with Crippen molar-refractivity contribution in [2.24, 2.45) is 0 Å². The molecule has 0 spiro atoms. The second-order valence-electron chi connectivity index (χ2n) is 6.85. The van der Waals surface area contributed by atoms with E-state index in [1.165, 1.54) is 47.6 Å². The molecule has 1 heterocycles. The molecule has 1 N–H and O–H groups in total. The van der Waals surface area contributed by atoms with E-state index in [0.717, 1.165) is 16.8 Å². The van der Waals surface area contributed by atoms with Gasteiger partial charge in [0.25, 0.3) is 0 Å². The third kappa shape index (κ3) is 6.12. The van der Waals surface area contributed by atoms with Gasteiger partial charge in [-0.1, -0.05) is 45.0 Å². The first-order valence-corrected chi connectivity index (χ1v) is 8.93. The molecule has 0 bridgehead atoms. The normalized spacial score (nSPS) is 10.7. The van der Waals surface area contributed by atoms with Gasteiger partial charge >= 0.3 is 0 Å². The third-order valence-electron chi connectivity index (χ3n) is 4.45. The van der Waals surface area contributed by atoms with Crippen LogP contribution in [0.3, 0.4) is 0 Å². The molecule has 0 amide bonds. The Hall–Kier alpha value is -2.29. The van der Waals surface area contributed by atoms with Crippen LogP contribution in [0.25, 0.3) is 22.2 Å². The molecule has 28 heavy (non-hydrogen) atoms. The van der Waals surface area contributed by atoms with E-state index in [1.54, 1.807) is 0 Å². The van der Waals surface area contributed by atoms with Gasteiger partial charge in [-0.15, -0.1) is 34.4 Å². The number of hydrogen-bond acceptors (Lipinski definition) is 3. The maximum atomic E-state index is 10.0. The van der Waals surface area contributed by atoms with Crippen LogP contribution in [0, 0.1) is 33.8 Å². The summed E-state index contributed by atoms with van der Waals surface area (Å²) in [5, 5.41) is 9.58. The first-order valence-electron chi connectivity index (χ1n) is 8.93. The number of fused-ring (bicyclic) bond motifs is 1. The third-order valence-corrected chi connectivity index (χ3v) is 4.45. The van der Waals surface area contributed by atoms with Crippen molar-refractivity contribution in [3.05, 3.63) is 76.6 Å². The van der Waals surface area contributed by atoms with Crippen molar-refractivity contribution in [1.82, 2.24) is 4.98 Å². The zero-order valence-corrected chi connectivity index (χ0v) is 19.6.